The SMILES string of the molecule is [B]OC#C[C@@H](Oc1cc(C(=O)Nc2ccc(C(=O)c3ccncc3)cc2)nnc1N)c1c(Cl)ccc(F)c1Cl. The van der Waals surface area contributed by atoms with E-state index in [0.29, 0.717) is 16.8 Å². The lowest BCUT2D eigenvalue weighted by Gasteiger charge is -2.18. The number of aromatic nitrogens is 3. The standard InChI is InChI=1S/C26H15BCl2FN5O4/c27-38-12-9-20(22-17(28)5-6-18(30)23(22)29)39-21-13-19(34-35-25(21)31)26(37)33-16-3-1-14(2-4-16)24(36)15-7-10-32-11-8-15/h1-8,10-11,13,20H,(H2,31,35)(H,33,37)/t20-/m1/s1. The van der Waals surface area contributed by atoms with Crippen LogP contribution in [-0.2, 0) is 4.65 Å². The smallest absolute Gasteiger partial charge is 0.392 e. The molecule has 0 fully saturated rings. The Morgan fingerprint density at radius 2 is 1.72 bits per heavy atom. The predicted octanol–water partition coefficient (Wildman–Crippen LogP) is 4.56. The molecule has 2 aromatic heterocycles. The number of anilines is 2. The second-order valence-corrected chi connectivity index (χ2v) is 8.48. The zero-order valence-corrected chi connectivity index (χ0v) is 21.2. The number of pyridine rings is 1. The molecule has 0 spiro atoms. The lowest BCUT2D eigenvalue weighted by Crippen LogP contribution is -2.16. The molecule has 0 unspecified atom stereocenters. The summed E-state index contributed by atoms with van der Waals surface area (Å²) in [5.41, 5.74) is 6.98. The van der Waals surface area contributed by atoms with E-state index in [4.69, 9.17) is 41.7 Å². The molecule has 1 atom stereocenters. The minimum atomic E-state index is -1.31. The average molecular weight is 562 g/mol. The maximum absolute atomic E-state index is 14.1. The van der Waals surface area contributed by atoms with Crippen LogP contribution in [-0.4, -0.2) is 34.9 Å². The number of hydrogen-bond acceptors (Lipinski definition) is 8. The van der Waals surface area contributed by atoms with Crippen molar-refractivity contribution in [3.05, 3.63) is 105 Å². The number of benzene rings is 2. The van der Waals surface area contributed by atoms with Crippen LogP contribution in [0.3, 0.4) is 0 Å². The third-order valence-corrected chi connectivity index (χ3v) is 5.91. The fourth-order valence-electron chi connectivity index (χ4n) is 3.32. The summed E-state index contributed by atoms with van der Waals surface area (Å²) in [6.07, 6.45) is 3.87. The van der Waals surface area contributed by atoms with Crippen LogP contribution in [0.25, 0.3) is 0 Å². The highest BCUT2D eigenvalue weighted by molar-refractivity contribution is 6.36. The van der Waals surface area contributed by atoms with E-state index in [1.54, 1.807) is 36.4 Å². The van der Waals surface area contributed by atoms with Gasteiger partial charge in [-0.1, -0.05) is 23.2 Å². The first-order valence-corrected chi connectivity index (χ1v) is 11.7. The second-order valence-electron chi connectivity index (χ2n) is 7.69. The summed E-state index contributed by atoms with van der Waals surface area (Å²) >= 11 is 12.3. The van der Waals surface area contributed by atoms with Gasteiger partial charge in [-0.05, 0) is 54.5 Å². The average Bonchev–Trinajstić information content (AvgIpc) is 2.95. The summed E-state index contributed by atoms with van der Waals surface area (Å²) in [6, 6.07) is 13.0. The Labute approximate surface area is 232 Å². The van der Waals surface area contributed by atoms with Gasteiger partial charge < -0.3 is 20.4 Å². The molecule has 2 aromatic carbocycles. The van der Waals surface area contributed by atoms with Crippen molar-refractivity contribution in [2.45, 2.75) is 6.10 Å². The van der Waals surface area contributed by atoms with Crippen LogP contribution >= 0.6 is 23.2 Å². The lowest BCUT2D eigenvalue weighted by molar-refractivity contribution is 0.101. The number of carbonyl (C=O) groups is 2. The van der Waals surface area contributed by atoms with Gasteiger partial charge in [0.1, 0.15) is 5.82 Å². The minimum Gasteiger partial charge on any atom is -0.527 e. The number of carbonyl (C=O) groups excluding carboxylic acids is 2. The normalized spacial score (nSPS) is 11.1. The van der Waals surface area contributed by atoms with Crippen molar-refractivity contribution in [2.75, 3.05) is 11.1 Å². The van der Waals surface area contributed by atoms with Crippen molar-refractivity contribution in [1.82, 2.24) is 15.2 Å². The summed E-state index contributed by atoms with van der Waals surface area (Å²) in [5, 5.41) is 9.88. The third-order valence-electron chi connectivity index (χ3n) is 5.20. The van der Waals surface area contributed by atoms with Gasteiger partial charge in [0, 0.05) is 40.8 Å². The third kappa shape index (κ3) is 6.44. The molecular formula is C26H15BCl2FN5O4. The molecule has 2 radical (unpaired) electrons. The zero-order valence-electron chi connectivity index (χ0n) is 19.7. The topological polar surface area (TPSA) is 129 Å². The summed E-state index contributed by atoms with van der Waals surface area (Å²) in [5.74, 6) is 0.549. The molecule has 0 aliphatic rings. The van der Waals surface area contributed by atoms with Crippen LogP contribution in [0, 0.1) is 17.8 Å². The summed E-state index contributed by atoms with van der Waals surface area (Å²) in [7, 11) is 4.99. The van der Waals surface area contributed by atoms with Crippen molar-refractivity contribution in [3.8, 4) is 17.8 Å². The molecule has 0 saturated carbocycles. The number of halogens is 3. The van der Waals surface area contributed by atoms with Crippen LogP contribution in [0.2, 0.25) is 10.0 Å². The van der Waals surface area contributed by atoms with E-state index in [2.05, 4.69) is 37.2 Å². The molecule has 0 aliphatic carbocycles. The van der Waals surface area contributed by atoms with Gasteiger partial charge in [0.15, 0.2) is 29.1 Å². The van der Waals surface area contributed by atoms with Crippen LogP contribution < -0.4 is 15.8 Å². The molecule has 9 nitrogen and oxygen atoms in total. The Balaban J connectivity index is 1.55. The zero-order chi connectivity index (χ0) is 27.9. The molecule has 1 amide bonds. The molecule has 2 heterocycles. The Hall–Kier alpha value is -4.66. The van der Waals surface area contributed by atoms with Gasteiger partial charge in [0.05, 0.1) is 16.2 Å². The predicted molar refractivity (Wildman–Crippen MR) is 143 cm³/mol. The van der Waals surface area contributed by atoms with E-state index in [0.717, 1.165) is 6.07 Å². The number of ketones is 1. The second kappa shape index (κ2) is 12.3. The lowest BCUT2D eigenvalue weighted by atomic mass is 10.0. The van der Waals surface area contributed by atoms with Gasteiger partial charge in [0.2, 0.25) is 0 Å². The maximum atomic E-state index is 14.1. The molecule has 39 heavy (non-hydrogen) atoms. The Bertz CT molecular complexity index is 1600. The molecular weight excluding hydrogens is 547 g/mol. The molecule has 192 valence electrons. The van der Waals surface area contributed by atoms with Crippen molar-refractivity contribution in [3.63, 3.8) is 0 Å². The Morgan fingerprint density at radius 3 is 2.41 bits per heavy atom. The van der Waals surface area contributed by atoms with Crippen molar-refractivity contribution < 1.29 is 23.4 Å². The fourth-order valence-corrected chi connectivity index (χ4v) is 3.89. The molecule has 4 aromatic rings. The maximum Gasteiger partial charge on any atom is 0.392 e. The van der Waals surface area contributed by atoms with Crippen LogP contribution in [0.15, 0.2) is 67.0 Å². The van der Waals surface area contributed by atoms with Gasteiger partial charge >= 0.3 is 8.05 Å². The highest BCUT2D eigenvalue weighted by Crippen LogP contribution is 2.36. The Morgan fingerprint density at radius 1 is 1.03 bits per heavy atom. The number of rotatable bonds is 7. The number of nitrogens with one attached hydrogen (secondary N) is 1. The number of nitrogens with zero attached hydrogens (tertiary/aromatic N) is 3. The van der Waals surface area contributed by atoms with E-state index in [-0.39, 0.29) is 38.7 Å². The highest BCUT2D eigenvalue weighted by atomic mass is 35.5. The first-order chi connectivity index (χ1) is 18.8. The molecule has 0 aliphatic heterocycles. The quantitative estimate of drug-likeness (QED) is 0.145. The molecule has 0 bridgehead atoms. The van der Waals surface area contributed by atoms with Gasteiger partial charge in [-0.2, -0.15) is 0 Å². The van der Waals surface area contributed by atoms with E-state index in [1.165, 1.54) is 24.5 Å². The van der Waals surface area contributed by atoms with E-state index in [1.807, 2.05) is 0 Å². The molecule has 3 N–H and O–H groups in total. The number of nitrogen functional groups attached to an aromatic ring is 1. The van der Waals surface area contributed by atoms with Gasteiger partial charge in [-0.3, -0.25) is 14.6 Å². The fraction of sp³-hybridized carbons (Fsp3) is 0.0385. The van der Waals surface area contributed by atoms with E-state index in [9.17, 15) is 14.0 Å². The monoisotopic (exact) mass is 561 g/mol. The van der Waals surface area contributed by atoms with Crippen LogP contribution in [0.4, 0.5) is 15.9 Å². The van der Waals surface area contributed by atoms with Crippen LogP contribution in [0.1, 0.15) is 38.1 Å². The Kier molecular flexibility index (Phi) is 8.61. The largest absolute Gasteiger partial charge is 0.527 e. The number of nitrogens with two attached hydrogens (primary N) is 1. The van der Waals surface area contributed by atoms with Gasteiger partial charge in [-0.15, -0.1) is 10.2 Å². The first-order valence-electron chi connectivity index (χ1n) is 10.9. The van der Waals surface area contributed by atoms with Crippen molar-refractivity contribution >= 4 is 54.4 Å². The van der Waals surface area contributed by atoms with E-state index >= 15 is 0 Å². The molecule has 13 heteroatoms. The van der Waals surface area contributed by atoms with Crippen molar-refractivity contribution in [1.29, 1.82) is 0 Å². The number of hydrogen-bond donors (Lipinski definition) is 2. The molecule has 0 saturated heterocycles. The number of ether oxygens (including phenoxy) is 1. The summed E-state index contributed by atoms with van der Waals surface area (Å²) < 4.78 is 24.2. The number of amides is 1. The summed E-state index contributed by atoms with van der Waals surface area (Å²) in [6.45, 7) is 0. The van der Waals surface area contributed by atoms with Gasteiger partial charge in [0.25, 0.3) is 5.91 Å². The van der Waals surface area contributed by atoms with Crippen molar-refractivity contribution in [2.24, 2.45) is 0 Å². The molecule has 4 rings (SSSR count). The highest BCUT2D eigenvalue weighted by Gasteiger charge is 2.23. The summed E-state index contributed by atoms with van der Waals surface area (Å²) in [4.78, 5) is 29.3. The van der Waals surface area contributed by atoms with E-state index < -0.39 is 17.8 Å². The van der Waals surface area contributed by atoms with Crippen LogP contribution in [0.5, 0.6) is 5.75 Å². The minimum absolute atomic E-state index is 0.0218. The van der Waals surface area contributed by atoms with Gasteiger partial charge in [-0.25, -0.2) is 4.39 Å². The first kappa shape index (κ1) is 27.4.